The summed E-state index contributed by atoms with van der Waals surface area (Å²) in [6.45, 7) is 4.26. The first-order valence-corrected chi connectivity index (χ1v) is 8.74. The zero-order valence-corrected chi connectivity index (χ0v) is 13.8. The first-order valence-electron chi connectivity index (χ1n) is 7.80. The highest BCUT2D eigenvalue weighted by atomic mass is 32.1. The zero-order chi connectivity index (χ0) is 16.2. The van der Waals surface area contributed by atoms with Gasteiger partial charge in [0.1, 0.15) is 0 Å². The molecule has 4 nitrogen and oxygen atoms in total. The molecule has 1 aliphatic rings. The van der Waals surface area contributed by atoms with Crippen molar-refractivity contribution in [2.24, 2.45) is 0 Å². The topological polar surface area (TPSA) is 51.1 Å². The summed E-state index contributed by atoms with van der Waals surface area (Å²) >= 11 is 1.61. The molecular weight excluding hydrogens is 308 g/mol. The number of thiophene rings is 1. The molecule has 1 N–H and O–H groups in total. The summed E-state index contributed by atoms with van der Waals surface area (Å²) in [4.78, 5) is 24.1. The number of rotatable bonds is 5. The molecule has 0 spiro atoms. The standard InChI is InChI=1S/C18H20N2O2S/c1-2-8-20-16-5-4-15(11-14(16)3-6-18(20)22)19-17(21)10-13-7-9-23-12-13/h2-3,6-7,9,12,15H,1,4-5,8,10-11H2,(H,19,21)/t15-/m0/s1. The molecule has 3 rings (SSSR count). The minimum Gasteiger partial charge on any atom is -0.353 e. The predicted octanol–water partition coefficient (Wildman–Crippen LogP) is 2.31. The van der Waals surface area contributed by atoms with Gasteiger partial charge < -0.3 is 9.88 Å². The Morgan fingerprint density at radius 1 is 1.43 bits per heavy atom. The van der Waals surface area contributed by atoms with Gasteiger partial charge in [-0.25, -0.2) is 0 Å². The van der Waals surface area contributed by atoms with Gasteiger partial charge in [-0.2, -0.15) is 11.3 Å². The van der Waals surface area contributed by atoms with Gasteiger partial charge in [0.25, 0.3) is 5.56 Å². The van der Waals surface area contributed by atoms with Gasteiger partial charge in [-0.15, -0.1) is 6.58 Å². The lowest BCUT2D eigenvalue weighted by atomic mass is 9.91. The van der Waals surface area contributed by atoms with E-state index < -0.39 is 0 Å². The van der Waals surface area contributed by atoms with Crippen molar-refractivity contribution < 1.29 is 4.79 Å². The Labute approximate surface area is 139 Å². The summed E-state index contributed by atoms with van der Waals surface area (Å²) in [7, 11) is 0. The van der Waals surface area contributed by atoms with Crippen molar-refractivity contribution in [2.75, 3.05) is 0 Å². The van der Waals surface area contributed by atoms with Crippen LogP contribution in [0.1, 0.15) is 23.2 Å². The van der Waals surface area contributed by atoms with E-state index in [-0.39, 0.29) is 17.5 Å². The number of aromatic nitrogens is 1. The molecule has 1 aliphatic carbocycles. The fourth-order valence-electron chi connectivity index (χ4n) is 3.13. The van der Waals surface area contributed by atoms with E-state index in [2.05, 4.69) is 11.9 Å². The smallest absolute Gasteiger partial charge is 0.251 e. The summed E-state index contributed by atoms with van der Waals surface area (Å²) in [5.41, 5.74) is 3.31. The summed E-state index contributed by atoms with van der Waals surface area (Å²) < 4.78 is 1.78. The van der Waals surface area contributed by atoms with Crippen LogP contribution in [-0.4, -0.2) is 16.5 Å². The quantitative estimate of drug-likeness (QED) is 0.856. The SMILES string of the molecule is C=CCn1c2c(ccc1=O)C[C@@H](NC(=O)Cc1ccsc1)CC2. The number of carbonyl (C=O) groups is 1. The monoisotopic (exact) mass is 328 g/mol. The van der Waals surface area contributed by atoms with Gasteiger partial charge in [0, 0.05) is 24.3 Å². The van der Waals surface area contributed by atoms with Crippen molar-refractivity contribution in [1.82, 2.24) is 9.88 Å². The molecule has 2 aromatic heterocycles. The number of carbonyl (C=O) groups excluding carboxylic acids is 1. The number of hydrogen-bond donors (Lipinski definition) is 1. The van der Waals surface area contributed by atoms with E-state index in [9.17, 15) is 9.59 Å². The van der Waals surface area contributed by atoms with E-state index in [1.807, 2.05) is 22.9 Å². The number of fused-ring (bicyclic) bond motifs is 1. The fourth-order valence-corrected chi connectivity index (χ4v) is 3.80. The Morgan fingerprint density at radius 2 is 2.30 bits per heavy atom. The molecule has 1 amide bonds. The maximum Gasteiger partial charge on any atom is 0.251 e. The van der Waals surface area contributed by atoms with E-state index in [1.54, 1.807) is 28.0 Å². The van der Waals surface area contributed by atoms with Crippen LogP contribution < -0.4 is 10.9 Å². The van der Waals surface area contributed by atoms with Crippen molar-refractivity contribution in [2.45, 2.75) is 38.3 Å². The normalized spacial score (nSPS) is 16.6. The lowest BCUT2D eigenvalue weighted by Gasteiger charge is -2.27. The van der Waals surface area contributed by atoms with Crippen LogP contribution in [0.5, 0.6) is 0 Å². The molecule has 0 saturated carbocycles. The van der Waals surface area contributed by atoms with Gasteiger partial charge in [-0.3, -0.25) is 9.59 Å². The van der Waals surface area contributed by atoms with E-state index in [4.69, 9.17) is 0 Å². The van der Waals surface area contributed by atoms with Crippen molar-refractivity contribution >= 4 is 17.2 Å². The largest absolute Gasteiger partial charge is 0.353 e. The van der Waals surface area contributed by atoms with Crippen LogP contribution in [0.4, 0.5) is 0 Å². The summed E-state index contributed by atoms with van der Waals surface area (Å²) in [5.74, 6) is 0.0660. The molecule has 0 unspecified atom stereocenters. The summed E-state index contributed by atoms with van der Waals surface area (Å²) in [6, 6.07) is 5.63. The van der Waals surface area contributed by atoms with Gasteiger partial charge in [0.2, 0.25) is 5.91 Å². The Bertz CT molecular complexity index is 762. The zero-order valence-electron chi connectivity index (χ0n) is 13.0. The van der Waals surface area contributed by atoms with Crippen LogP contribution in [0.3, 0.4) is 0 Å². The molecule has 0 saturated heterocycles. The van der Waals surface area contributed by atoms with E-state index in [1.165, 1.54) is 0 Å². The number of nitrogens with one attached hydrogen (secondary N) is 1. The maximum absolute atomic E-state index is 12.1. The van der Waals surface area contributed by atoms with Crippen molar-refractivity contribution in [3.63, 3.8) is 0 Å². The Morgan fingerprint density at radius 3 is 3.04 bits per heavy atom. The third kappa shape index (κ3) is 3.62. The van der Waals surface area contributed by atoms with Gasteiger partial charge >= 0.3 is 0 Å². The number of hydrogen-bond acceptors (Lipinski definition) is 3. The van der Waals surface area contributed by atoms with Crippen LogP contribution in [0.15, 0.2) is 46.4 Å². The lowest BCUT2D eigenvalue weighted by molar-refractivity contribution is -0.121. The Hall–Kier alpha value is -2.14. The first-order chi connectivity index (χ1) is 11.2. The molecule has 120 valence electrons. The molecule has 2 heterocycles. The first kappa shape index (κ1) is 15.7. The summed E-state index contributed by atoms with van der Waals surface area (Å²) in [5, 5.41) is 7.11. The fraction of sp³-hybridized carbons (Fsp3) is 0.333. The summed E-state index contributed by atoms with van der Waals surface area (Å²) in [6.07, 6.45) is 4.63. The van der Waals surface area contributed by atoms with E-state index in [0.717, 1.165) is 36.1 Å². The molecule has 5 heteroatoms. The molecule has 0 fully saturated rings. The third-order valence-electron chi connectivity index (χ3n) is 4.21. The van der Waals surface area contributed by atoms with Crippen molar-refractivity contribution in [1.29, 1.82) is 0 Å². The second-order valence-corrected chi connectivity index (χ2v) is 6.64. The van der Waals surface area contributed by atoms with Crippen LogP contribution in [-0.2, 0) is 30.6 Å². The highest BCUT2D eigenvalue weighted by Gasteiger charge is 2.22. The van der Waals surface area contributed by atoms with Gasteiger partial charge in [0.15, 0.2) is 0 Å². The number of allylic oxidation sites excluding steroid dienone is 1. The molecule has 0 bridgehead atoms. The average Bonchev–Trinajstić information content (AvgIpc) is 3.03. The van der Waals surface area contributed by atoms with Crippen molar-refractivity contribution in [3.8, 4) is 0 Å². The van der Waals surface area contributed by atoms with Crippen LogP contribution >= 0.6 is 11.3 Å². The minimum atomic E-state index is 0.0172. The predicted molar refractivity (Wildman–Crippen MR) is 92.9 cm³/mol. The van der Waals surface area contributed by atoms with Crippen LogP contribution in [0, 0.1) is 0 Å². The van der Waals surface area contributed by atoms with E-state index >= 15 is 0 Å². The second kappa shape index (κ2) is 6.96. The minimum absolute atomic E-state index is 0.0172. The van der Waals surface area contributed by atoms with Crippen molar-refractivity contribution in [3.05, 3.63) is 68.8 Å². The molecule has 0 radical (unpaired) electrons. The highest BCUT2D eigenvalue weighted by Crippen LogP contribution is 2.20. The lowest BCUT2D eigenvalue weighted by Crippen LogP contribution is -2.41. The number of amides is 1. The van der Waals surface area contributed by atoms with Crippen LogP contribution in [0.25, 0.3) is 0 Å². The number of pyridine rings is 1. The molecule has 2 aromatic rings. The third-order valence-corrected chi connectivity index (χ3v) is 4.94. The molecule has 0 aliphatic heterocycles. The van der Waals surface area contributed by atoms with Crippen LogP contribution in [0.2, 0.25) is 0 Å². The highest BCUT2D eigenvalue weighted by molar-refractivity contribution is 7.07. The average molecular weight is 328 g/mol. The maximum atomic E-state index is 12.1. The van der Waals surface area contributed by atoms with Gasteiger partial charge in [-0.1, -0.05) is 12.1 Å². The molecule has 23 heavy (non-hydrogen) atoms. The number of nitrogens with zero attached hydrogens (tertiary/aromatic N) is 1. The van der Waals surface area contributed by atoms with Gasteiger partial charge in [-0.05, 0) is 47.2 Å². The Balaban J connectivity index is 1.68. The van der Waals surface area contributed by atoms with Gasteiger partial charge in [0.05, 0.1) is 6.42 Å². The molecule has 0 aromatic carbocycles. The van der Waals surface area contributed by atoms with E-state index in [0.29, 0.717) is 13.0 Å². The molecule has 1 atom stereocenters. The Kier molecular flexibility index (Phi) is 4.76. The second-order valence-electron chi connectivity index (χ2n) is 5.86. The molecular formula is C18H20N2O2S.